The molecular weight excluding hydrogens is 655 g/mol. The van der Waals surface area contributed by atoms with Crippen molar-refractivity contribution in [2.75, 3.05) is 19.7 Å². The van der Waals surface area contributed by atoms with Gasteiger partial charge < -0.3 is 25.2 Å². The number of amides is 2. The van der Waals surface area contributed by atoms with Crippen LogP contribution in [0.3, 0.4) is 0 Å². The summed E-state index contributed by atoms with van der Waals surface area (Å²) in [7, 11) is 0. The minimum atomic E-state index is -0.955. The summed E-state index contributed by atoms with van der Waals surface area (Å²) in [6, 6.07) is 7.15. The van der Waals surface area contributed by atoms with Gasteiger partial charge in [-0.15, -0.1) is 0 Å². The Morgan fingerprint density at radius 2 is 1.72 bits per heavy atom. The lowest BCUT2D eigenvalue weighted by Gasteiger charge is -2.58. The Morgan fingerprint density at radius 1 is 1.00 bits per heavy atom. The number of benzene rings is 1. The lowest BCUT2D eigenvalue weighted by molar-refractivity contribution is -0.148. The highest BCUT2D eigenvalue weighted by molar-refractivity contribution is 14.1. The highest BCUT2D eigenvalue weighted by Crippen LogP contribution is 2.60. The number of aliphatic hydroxyl groups is 2. The van der Waals surface area contributed by atoms with Crippen molar-refractivity contribution in [3.8, 4) is 5.75 Å². The Morgan fingerprint density at radius 3 is 2.35 bits per heavy atom. The molecule has 0 radical (unpaired) electrons. The first-order chi connectivity index (χ1) is 20.8. The number of para-hydroxylation sites is 1. The predicted octanol–water partition coefficient (Wildman–Crippen LogP) is 5.08. The first kappa shape index (κ1) is 30.0. The van der Waals surface area contributed by atoms with Crippen molar-refractivity contribution in [1.29, 1.82) is 0 Å². The van der Waals surface area contributed by atoms with Crippen molar-refractivity contribution in [3.63, 3.8) is 0 Å². The Hall–Kier alpha value is -1.65. The Bertz CT molecular complexity index is 1220. The number of fused-ring (bicyclic) bond motifs is 2. The topological polar surface area (TPSA) is 99.1 Å². The van der Waals surface area contributed by atoms with E-state index in [0.29, 0.717) is 42.5 Å². The minimum Gasteiger partial charge on any atom is -0.482 e. The summed E-state index contributed by atoms with van der Waals surface area (Å²) < 4.78 is 7.33. The Balaban J connectivity index is 1.20. The molecule has 0 heterocycles. The van der Waals surface area contributed by atoms with Crippen LogP contribution >= 0.6 is 22.6 Å². The molecule has 7 nitrogen and oxygen atoms in total. The summed E-state index contributed by atoms with van der Waals surface area (Å²) in [4.78, 5) is 29.9. The van der Waals surface area contributed by atoms with Crippen LogP contribution in [-0.2, 0) is 9.59 Å². The molecule has 6 atom stereocenters. The number of nitrogens with zero attached hydrogens (tertiary/aromatic N) is 1. The molecular formula is C35H47IN2O5. The highest BCUT2D eigenvalue weighted by atomic mass is 127. The molecule has 7 aliphatic carbocycles. The zero-order chi connectivity index (χ0) is 29.7. The van der Waals surface area contributed by atoms with Crippen molar-refractivity contribution < 1.29 is 24.5 Å². The van der Waals surface area contributed by atoms with E-state index in [-0.39, 0.29) is 30.4 Å². The summed E-state index contributed by atoms with van der Waals surface area (Å²) in [5, 5.41) is 24.2. The molecule has 8 heteroatoms. The first-order valence-corrected chi connectivity index (χ1v) is 17.9. The lowest BCUT2D eigenvalue weighted by atomic mass is 9.49. The number of aliphatic hydroxyl groups excluding tert-OH is 2. The van der Waals surface area contributed by atoms with Crippen LogP contribution in [0.4, 0.5) is 0 Å². The van der Waals surface area contributed by atoms with Gasteiger partial charge in [-0.05, 0) is 140 Å². The molecule has 0 spiro atoms. The molecule has 1 aromatic rings. The number of hydrogen-bond acceptors (Lipinski definition) is 5. The van der Waals surface area contributed by atoms with Gasteiger partial charge in [0.15, 0.2) is 0 Å². The molecule has 0 aliphatic heterocycles. The molecule has 8 rings (SSSR count). The lowest BCUT2D eigenvalue weighted by Crippen LogP contribution is -2.59. The van der Waals surface area contributed by atoms with Crippen LogP contribution in [0, 0.1) is 44.5 Å². The van der Waals surface area contributed by atoms with Crippen molar-refractivity contribution >= 4 is 34.4 Å². The maximum atomic E-state index is 14.5. The first-order valence-electron chi connectivity index (χ1n) is 16.8. The summed E-state index contributed by atoms with van der Waals surface area (Å²) >= 11 is 2.22. The number of ether oxygens (including phenoxy) is 1. The second-order valence-electron chi connectivity index (χ2n) is 15.0. The fourth-order valence-corrected chi connectivity index (χ4v) is 11.2. The van der Waals surface area contributed by atoms with E-state index in [4.69, 9.17) is 4.74 Å². The van der Waals surface area contributed by atoms with Crippen LogP contribution in [0.2, 0.25) is 0 Å². The number of rotatable bonds is 10. The monoisotopic (exact) mass is 702 g/mol. The van der Waals surface area contributed by atoms with Crippen molar-refractivity contribution in [2.24, 2.45) is 40.9 Å². The van der Waals surface area contributed by atoms with Gasteiger partial charge in [0.1, 0.15) is 18.0 Å². The summed E-state index contributed by atoms with van der Waals surface area (Å²) in [6.07, 6.45) is 13.4. The maximum absolute atomic E-state index is 14.5. The fourth-order valence-electron chi connectivity index (χ4n) is 10.7. The molecule has 7 aliphatic rings. The van der Waals surface area contributed by atoms with Crippen LogP contribution < -0.4 is 10.1 Å². The number of carbonyl (C=O) groups is 2. The van der Waals surface area contributed by atoms with Gasteiger partial charge in [0.2, 0.25) is 11.8 Å². The highest BCUT2D eigenvalue weighted by Gasteiger charge is 2.53. The molecule has 43 heavy (non-hydrogen) atoms. The molecule has 1 aromatic carbocycles. The van der Waals surface area contributed by atoms with E-state index >= 15 is 0 Å². The van der Waals surface area contributed by atoms with E-state index in [1.54, 1.807) is 6.08 Å². The molecule has 6 bridgehead atoms. The molecule has 3 N–H and O–H groups in total. The quantitative estimate of drug-likeness (QED) is 0.296. The van der Waals surface area contributed by atoms with Gasteiger partial charge in [0, 0.05) is 31.5 Å². The normalized spacial score (nSPS) is 39.0. The van der Waals surface area contributed by atoms with Crippen molar-refractivity contribution in [2.45, 2.75) is 95.3 Å². The zero-order valence-corrected chi connectivity index (χ0v) is 27.3. The third kappa shape index (κ3) is 6.14. The van der Waals surface area contributed by atoms with Gasteiger partial charge in [-0.2, -0.15) is 0 Å². The van der Waals surface area contributed by atoms with E-state index in [1.807, 2.05) is 29.2 Å². The molecule has 6 saturated carbocycles. The van der Waals surface area contributed by atoms with Crippen molar-refractivity contribution in [1.82, 2.24) is 10.2 Å². The van der Waals surface area contributed by atoms with Crippen LogP contribution in [0.15, 0.2) is 35.9 Å². The number of nitrogens with one attached hydrogen (secondary N) is 1. The van der Waals surface area contributed by atoms with Gasteiger partial charge in [0.05, 0.1) is 16.2 Å². The van der Waals surface area contributed by atoms with Crippen LogP contribution in [0.25, 0.3) is 0 Å². The third-order valence-corrected chi connectivity index (χ3v) is 12.9. The molecule has 6 fully saturated rings. The molecule has 0 saturated heterocycles. The zero-order valence-electron chi connectivity index (χ0n) is 25.1. The van der Waals surface area contributed by atoms with Gasteiger partial charge >= 0.3 is 0 Å². The smallest absolute Gasteiger partial charge is 0.247 e. The average molecular weight is 703 g/mol. The van der Waals surface area contributed by atoms with E-state index in [1.165, 1.54) is 57.8 Å². The fraction of sp³-hybridized carbons (Fsp3) is 0.714. The molecule has 2 amide bonds. The number of carbonyl (C=O) groups excluding carboxylic acids is 2. The SMILES string of the molecule is O=C(NCCO)C1=C[C@H](Oc2ccccc2I)[C@@H](O)[C@H](N(CC23CC4CC(CC(C4)C2)C3)C(=O)CC2CC3CCC2C3)C1. The van der Waals surface area contributed by atoms with Crippen LogP contribution in [-0.4, -0.2) is 64.9 Å². The summed E-state index contributed by atoms with van der Waals surface area (Å²) in [5.41, 5.74) is 0.632. The van der Waals surface area contributed by atoms with E-state index in [2.05, 4.69) is 27.9 Å². The molecule has 3 unspecified atom stereocenters. The average Bonchev–Trinajstić information content (AvgIpc) is 3.60. The van der Waals surface area contributed by atoms with E-state index in [9.17, 15) is 19.8 Å². The standard InChI is InChI=1S/C35H47IN2O5/c36-28-3-1-2-4-30(28)43-31-15-27(34(42)37-7-8-39)14-29(33(31)41)38(32(40)16-26-13-21-5-6-25(26)12-21)20-35-17-22-9-23(18-35)11-24(10-22)19-35/h1-4,15,21-26,29,31,33,39,41H,5-14,16-20H2,(H,37,42)/t21?,22?,23?,24?,25?,26?,29-,31+,33+,35?/m1/s1. The molecule has 234 valence electrons. The van der Waals surface area contributed by atoms with Gasteiger partial charge in [-0.1, -0.05) is 18.6 Å². The molecule has 0 aromatic heterocycles. The van der Waals surface area contributed by atoms with E-state index in [0.717, 1.165) is 33.7 Å². The summed E-state index contributed by atoms with van der Waals surface area (Å²) in [6.45, 7) is 0.693. The third-order valence-electron chi connectivity index (χ3n) is 12.0. The second kappa shape index (κ2) is 12.3. The number of halogens is 1. The van der Waals surface area contributed by atoms with Gasteiger partial charge in [-0.3, -0.25) is 9.59 Å². The minimum absolute atomic E-state index is 0.116. The Labute approximate surface area is 269 Å². The Kier molecular flexibility index (Phi) is 8.57. The summed E-state index contributed by atoms with van der Waals surface area (Å²) in [5.74, 6) is 4.70. The second-order valence-corrected chi connectivity index (χ2v) is 16.2. The van der Waals surface area contributed by atoms with Crippen LogP contribution in [0.1, 0.15) is 77.0 Å². The van der Waals surface area contributed by atoms with Crippen molar-refractivity contribution in [3.05, 3.63) is 39.5 Å². The predicted molar refractivity (Wildman–Crippen MR) is 172 cm³/mol. The van der Waals surface area contributed by atoms with Gasteiger partial charge in [0.25, 0.3) is 0 Å². The van der Waals surface area contributed by atoms with Crippen LogP contribution in [0.5, 0.6) is 5.75 Å². The number of hydrogen-bond donors (Lipinski definition) is 3. The largest absolute Gasteiger partial charge is 0.482 e. The maximum Gasteiger partial charge on any atom is 0.247 e. The van der Waals surface area contributed by atoms with E-state index < -0.39 is 18.2 Å². The van der Waals surface area contributed by atoms with Gasteiger partial charge in [-0.25, -0.2) is 0 Å².